The van der Waals surface area contributed by atoms with Gasteiger partial charge in [-0.1, -0.05) is 39.3 Å². The Bertz CT molecular complexity index is 728. The predicted octanol–water partition coefficient (Wildman–Crippen LogP) is 3.55. The molecule has 2 atom stereocenters. The van der Waals surface area contributed by atoms with Crippen LogP contribution in [0.4, 0.5) is 0 Å². The molecule has 2 unspecified atom stereocenters. The van der Waals surface area contributed by atoms with Crippen LogP contribution in [0.5, 0.6) is 5.75 Å². The smallest absolute Gasteiger partial charge is 0.277 e. The maximum absolute atomic E-state index is 13.2. The number of carbonyl (C=O) groups excluding carboxylic acids is 2. The van der Waals surface area contributed by atoms with E-state index < -0.39 is 0 Å². The molecule has 0 bridgehead atoms. The van der Waals surface area contributed by atoms with Crippen LogP contribution in [-0.2, 0) is 9.59 Å². The summed E-state index contributed by atoms with van der Waals surface area (Å²) in [6.45, 7) is 8.62. The third-order valence-electron chi connectivity index (χ3n) is 5.44. The minimum Gasteiger partial charge on any atom is -0.497 e. The van der Waals surface area contributed by atoms with Crippen molar-refractivity contribution in [3.63, 3.8) is 0 Å². The number of benzene rings is 1. The van der Waals surface area contributed by atoms with Crippen molar-refractivity contribution in [1.82, 2.24) is 9.80 Å². The fourth-order valence-corrected chi connectivity index (χ4v) is 4.24. The quantitative estimate of drug-likeness (QED) is 0.719. The van der Waals surface area contributed by atoms with Crippen LogP contribution >= 0.6 is 0 Å². The van der Waals surface area contributed by atoms with Crippen LogP contribution in [0, 0.1) is 11.8 Å². The zero-order chi connectivity index (χ0) is 19.6. The summed E-state index contributed by atoms with van der Waals surface area (Å²) in [7, 11) is 1.62. The fraction of sp³-hybridized carbons (Fsp3) is 0.545. The van der Waals surface area contributed by atoms with E-state index in [2.05, 4.69) is 25.7 Å². The van der Waals surface area contributed by atoms with Gasteiger partial charge in [-0.2, -0.15) is 0 Å². The number of hydrogen-bond acceptors (Lipinski definition) is 4. The molecule has 0 saturated carbocycles. The third-order valence-corrected chi connectivity index (χ3v) is 5.44. The second-order valence-electron chi connectivity index (χ2n) is 7.92. The average Bonchev–Trinajstić information content (AvgIpc) is 2.89. The first-order valence-electron chi connectivity index (χ1n) is 9.96. The van der Waals surface area contributed by atoms with Gasteiger partial charge in [-0.25, -0.2) is 0 Å². The molecule has 1 saturated heterocycles. The summed E-state index contributed by atoms with van der Waals surface area (Å²) in [6.07, 6.45) is 2.93. The summed E-state index contributed by atoms with van der Waals surface area (Å²) >= 11 is 0. The summed E-state index contributed by atoms with van der Waals surface area (Å²) in [6, 6.07) is 7.43. The second-order valence-corrected chi connectivity index (χ2v) is 7.92. The van der Waals surface area contributed by atoms with Crippen LogP contribution in [0.3, 0.4) is 0 Å². The van der Waals surface area contributed by atoms with Crippen molar-refractivity contribution in [3.8, 4) is 5.75 Å². The normalized spacial score (nSPS) is 23.4. The van der Waals surface area contributed by atoms with E-state index in [9.17, 15) is 9.59 Å². The molecule has 146 valence electrons. The van der Waals surface area contributed by atoms with E-state index >= 15 is 0 Å². The van der Waals surface area contributed by atoms with Crippen LogP contribution in [-0.4, -0.2) is 48.4 Å². The Kier molecular flexibility index (Phi) is 5.88. The molecule has 3 rings (SSSR count). The Labute approximate surface area is 162 Å². The van der Waals surface area contributed by atoms with E-state index in [1.165, 1.54) is 4.90 Å². The van der Waals surface area contributed by atoms with Gasteiger partial charge in [0.15, 0.2) is 0 Å². The molecule has 2 aliphatic heterocycles. The number of unbranched alkanes of at least 4 members (excludes halogenated alkanes) is 1. The van der Waals surface area contributed by atoms with Crippen molar-refractivity contribution >= 4 is 17.4 Å². The molecule has 2 heterocycles. The number of piperidine rings is 1. The Morgan fingerprint density at radius 2 is 1.67 bits per heavy atom. The molecule has 0 radical (unpaired) electrons. The average molecular weight is 370 g/mol. The van der Waals surface area contributed by atoms with Crippen LogP contribution < -0.4 is 4.74 Å². The van der Waals surface area contributed by atoms with Gasteiger partial charge in [-0.3, -0.25) is 14.5 Å². The van der Waals surface area contributed by atoms with Crippen LogP contribution in [0.2, 0.25) is 0 Å². The largest absolute Gasteiger partial charge is 0.497 e. The van der Waals surface area contributed by atoms with Crippen molar-refractivity contribution < 1.29 is 14.3 Å². The van der Waals surface area contributed by atoms with Gasteiger partial charge in [0.1, 0.15) is 11.4 Å². The van der Waals surface area contributed by atoms with Gasteiger partial charge in [-0.15, -0.1) is 0 Å². The lowest BCUT2D eigenvalue weighted by Gasteiger charge is -2.37. The lowest BCUT2D eigenvalue weighted by atomic mass is 9.91. The lowest BCUT2D eigenvalue weighted by Crippen LogP contribution is -2.42. The number of rotatable bonds is 6. The first-order valence-corrected chi connectivity index (χ1v) is 9.96. The second kappa shape index (κ2) is 8.15. The van der Waals surface area contributed by atoms with Crippen LogP contribution in [0.25, 0.3) is 5.57 Å². The summed E-state index contributed by atoms with van der Waals surface area (Å²) in [5, 5.41) is 0. The number of nitrogens with zero attached hydrogens (tertiary/aromatic N) is 2. The van der Waals surface area contributed by atoms with Gasteiger partial charge in [0.25, 0.3) is 11.8 Å². The van der Waals surface area contributed by atoms with E-state index in [0.29, 0.717) is 29.7 Å². The minimum absolute atomic E-state index is 0.138. The van der Waals surface area contributed by atoms with E-state index in [1.807, 2.05) is 24.3 Å². The molecule has 1 fully saturated rings. The molecular formula is C22H30N2O3. The number of imide groups is 1. The Morgan fingerprint density at radius 3 is 2.22 bits per heavy atom. The molecule has 5 nitrogen and oxygen atoms in total. The summed E-state index contributed by atoms with van der Waals surface area (Å²) in [4.78, 5) is 30.0. The SMILES string of the molecule is CCCCN1C(=O)C(c2ccc(OC)cc2)=C(N2CC(C)CC(C)C2)C1=O. The number of carbonyl (C=O) groups is 2. The molecule has 1 aromatic carbocycles. The zero-order valence-corrected chi connectivity index (χ0v) is 16.8. The van der Waals surface area contributed by atoms with Crippen molar-refractivity contribution in [2.75, 3.05) is 26.7 Å². The fourth-order valence-electron chi connectivity index (χ4n) is 4.24. The van der Waals surface area contributed by atoms with Crippen molar-refractivity contribution in [2.24, 2.45) is 11.8 Å². The molecule has 27 heavy (non-hydrogen) atoms. The maximum Gasteiger partial charge on any atom is 0.277 e. The number of hydrogen-bond donors (Lipinski definition) is 0. The molecule has 0 N–H and O–H groups in total. The third kappa shape index (κ3) is 3.87. The molecule has 1 aromatic rings. The van der Waals surface area contributed by atoms with Gasteiger partial charge < -0.3 is 9.64 Å². The van der Waals surface area contributed by atoms with Gasteiger partial charge in [0.05, 0.1) is 12.7 Å². The first kappa shape index (κ1) is 19.5. The lowest BCUT2D eigenvalue weighted by molar-refractivity contribution is -0.137. The summed E-state index contributed by atoms with van der Waals surface area (Å²) < 4.78 is 5.24. The van der Waals surface area contributed by atoms with E-state index in [-0.39, 0.29) is 11.8 Å². The molecule has 2 aliphatic rings. The summed E-state index contributed by atoms with van der Waals surface area (Å²) in [5.41, 5.74) is 1.91. The highest BCUT2D eigenvalue weighted by Crippen LogP contribution is 2.35. The van der Waals surface area contributed by atoms with Crippen LogP contribution in [0.15, 0.2) is 30.0 Å². The van der Waals surface area contributed by atoms with Gasteiger partial charge >= 0.3 is 0 Å². The van der Waals surface area contributed by atoms with Gasteiger partial charge in [-0.05, 0) is 42.4 Å². The van der Waals surface area contributed by atoms with E-state index in [1.54, 1.807) is 7.11 Å². The number of ether oxygens (including phenoxy) is 1. The van der Waals surface area contributed by atoms with Gasteiger partial charge in [0.2, 0.25) is 0 Å². The standard InChI is InChI=1S/C22H30N2O3/c1-5-6-11-24-21(25)19(17-7-9-18(27-4)10-8-17)20(22(24)26)23-13-15(2)12-16(3)14-23/h7-10,15-16H,5-6,11-14H2,1-4H3. The Balaban J connectivity index is 2.03. The van der Waals surface area contributed by atoms with Crippen LogP contribution in [0.1, 0.15) is 45.6 Å². The Hall–Kier alpha value is -2.30. The predicted molar refractivity (Wildman–Crippen MR) is 106 cm³/mol. The van der Waals surface area contributed by atoms with Crippen molar-refractivity contribution in [1.29, 1.82) is 0 Å². The number of amides is 2. The van der Waals surface area contributed by atoms with Crippen molar-refractivity contribution in [2.45, 2.75) is 40.0 Å². The monoisotopic (exact) mass is 370 g/mol. The van der Waals surface area contributed by atoms with E-state index in [0.717, 1.165) is 43.7 Å². The Morgan fingerprint density at radius 1 is 1.04 bits per heavy atom. The number of likely N-dealkylation sites (tertiary alicyclic amines) is 1. The molecule has 2 amide bonds. The molecule has 5 heteroatoms. The van der Waals surface area contributed by atoms with E-state index in [4.69, 9.17) is 4.74 Å². The number of methoxy groups -OCH3 is 1. The van der Waals surface area contributed by atoms with Gasteiger partial charge in [0, 0.05) is 19.6 Å². The summed E-state index contributed by atoms with van der Waals surface area (Å²) in [5.74, 6) is 1.44. The highest BCUT2D eigenvalue weighted by atomic mass is 16.5. The molecular weight excluding hydrogens is 340 g/mol. The molecule has 0 spiro atoms. The highest BCUT2D eigenvalue weighted by molar-refractivity contribution is 6.35. The van der Waals surface area contributed by atoms with Crippen molar-refractivity contribution in [3.05, 3.63) is 35.5 Å². The molecule has 0 aromatic heterocycles. The molecule has 0 aliphatic carbocycles. The first-order chi connectivity index (χ1) is 13.0. The topological polar surface area (TPSA) is 49.9 Å². The highest BCUT2D eigenvalue weighted by Gasteiger charge is 2.42. The zero-order valence-electron chi connectivity index (χ0n) is 16.8. The maximum atomic E-state index is 13.2. The minimum atomic E-state index is -0.167.